The topological polar surface area (TPSA) is 36.3 Å². The summed E-state index contributed by atoms with van der Waals surface area (Å²) >= 11 is 0. The van der Waals surface area contributed by atoms with Gasteiger partial charge in [0.05, 0.1) is 18.4 Å². The van der Waals surface area contributed by atoms with Gasteiger partial charge in [-0.2, -0.15) is 5.10 Å². The van der Waals surface area contributed by atoms with Gasteiger partial charge in [0.25, 0.3) is 0 Å². The van der Waals surface area contributed by atoms with E-state index in [1.165, 1.54) is 13.2 Å². The first-order valence-corrected chi connectivity index (χ1v) is 11.1. The van der Waals surface area contributed by atoms with Crippen molar-refractivity contribution in [2.24, 2.45) is 0 Å². The molecule has 0 amide bonds. The van der Waals surface area contributed by atoms with Gasteiger partial charge in [-0.1, -0.05) is 25.7 Å². The van der Waals surface area contributed by atoms with Crippen molar-refractivity contribution in [3.05, 3.63) is 36.3 Å². The number of nitrogens with zero attached hydrogens (tertiary/aromatic N) is 2. The average Bonchev–Trinajstić information content (AvgIpc) is 2.90. The normalized spacial score (nSPS) is 11.7. The molecule has 0 saturated carbocycles. The summed E-state index contributed by atoms with van der Waals surface area (Å²) < 4.78 is 26.8. The van der Waals surface area contributed by atoms with Crippen molar-refractivity contribution < 1.29 is 13.9 Å². The van der Waals surface area contributed by atoms with E-state index in [4.69, 9.17) is 9.47 Å². The molecule has 6 heteroatoms. The zero-order valence-corrected chi connectivity index (χ0v) is 14.6. The minimum atomic E-state index is -1.12. The number of halogens is 1. The third-order valence-corrected chi connectivity index (χ3v) is 5.08. The molecule has 0 fully saturated rings. The third-order valence-electron chi connectivity index (χ3n) is 3.38. The molecule has 0 saturated heterocycles. The minimum absolute atomic E-state index is 0.310. The fourth-order valence-electron chi connectivity index (χ4n) is 2.10. The van der Waals surface area contributed by atoms with E-state index in [1.807, 2.05) is 0 Å². The molecule has 1 heterocycles. The Morgan fingerprint density at radius 1 is 1.23 bits per heavy atom. The molecule has 0 unspecified atom stereocenters. The second-order valence-electron chi connectivity index (χ2n) is 6.38. The molecule has 2 aromatic rings. The van der Waals surface area contributed by atoms with E-state index >= 15 is 0 Å². The van der Waals surface area contributed by atoms with Crippen molar-refractivity contribution >= 4 is 8.07 Å². The molecule has 2 rings (SSSR count). The molecule has 1 aromatic heterocycles. The summed E-state index contributed by atoms with van der Waals surface area (Å²) in [5.74, 6) is 0.159. The SMILES string of the molecule is COc1cccc(F)c1-c1ccnn1COCC[Si](C)(C)C. The van der Waals surface area contributed by atoms with Gasteiger partial charge in [0.2, 0.25) is 0 Å². The molecule has 1 aromatic carbocycles. The fourth-order valence-corrected chi connectivity index (χ4v) is 2.86. The lowest BCUT2D eigenvalue weighted by Crippen LogP contribution is -2.22. The lowest BCUT2D eigenvalue weighted by Gasteiger charge is -2.16. The van der Waals surface area contributed by atoms with Crippen molar-refractivity contribution in [3.63, 3.8) is 0 Å². The Morgan fingerprint density at radius 2 is 2.00 bits per heavy atom. The Morgan fingerprint density at radius 3 is 2.68 bits per heavy atom. The number of ether oxygens (including phenoxy) is 2. The lowest BCUT2D eigenvalue weighted by atomic mass is 10.1. The summed E-state index contributed by atoms with van der Waals surface area (Å²) in [6, 6.07) is 7.64. The van der Waals surface area contributed by atoms with Crippen LogP contribution in [-0.4, -0.2) is 31.6 Å². The second kappa shape index (κ2) is 7.06. The Hall–Kier alpha value is -1.66. The second-order valence-corrected chi connectivity index (χ2v) is 12.0. The summed E-state index contributed by atoms with van der Waals surface area (Å²) in [5.41, 5.74) is 1.07. The van der Waals surface area contributed by atoms with Crippen LogP contribution >= 0.6 is 0 Å². The predicted octanol–water partition coefficient (Wildman–Crippen LogP) is 4.01. The first-order chi connectivity index (χ1) is 10.4. The highest BCUT2D eigenvalue weighted by molar-refractivity contribution is 6.76. The Labute approximate surface area is 131 Å². The summed E-state index contributed by atoms with van der Waals surface area (Å²) in [7, 11) is 0.416. The summed E-state index contributed by atoms with van der Waals surface area (Å²) in [6.45, 7) is 7.92. The molecule has 0 aliphatic heterocycles. The van der Waals surface area contributed by atoms with E-state index in [9.17, 15) is 4.39 Å². The third kappa shape index (κ3) is 4.17. The maximum Gasteiger partial charge on any atom is 0.139 e. The number of rotatable bonds is 7. The Bertz CT molecular complexity index is 623. The van der Waals surface area contributed by atoms with Gasteiger partial charge in [-0.05, 0) is 24.2 Å². The van der Waals surface area contributed by atoms with Crippen molar-refractivity contribution in [3.8, 4) is 17.0 Å². The molecule has 0 aliphatic carbocycles. The van der Waals surface area contributed by atoms with E-state index in [0.717, 1.165) is 6.04 Å². The molecule has 120 valence electrons. The zero-order valence-electron chi connectivity index (χ0n) is 13.6. The molecule has 0 atom stereocenters. The van der Waals surface area contributed by atoms with Crippen molar-refractivity contribution in [1.82, 2.24) is 9.78 Å². The van der Waals surface area contributed by atoms with Gasteiger partial charge in [0, 0.05) is 20.9 Å². The van der Waals surface area contributed by atoms with Crippen molar-refractivity contribution in [1.29, 1.82) is 0 Å². The van der Waals surface area contributed by atoms with Gasteiger partial charge in [-0.3, -0.25) is 0 Å². The molecular weight excluding hydrogens is 299 g/mol. The molecule has 0 N–H and O–H groups in total. The summed E-state index contributed by atoms with van der Waals surface area (Å²) in [6.07, 6.45) is 1.64. The van der Waals surface area contributed by atoms with Gasteiger partial charge in [-0.15, -0.1) is 0 Å². The number of hydrogen-bond donors (Lipinski definition) is 0. The fraction of sp³-hybridized carbons (Fsp3) is 0.438. The molecule has 0 spiro atoms. The van der Waals surface area contributed by atoms with E-state index in [2.05, 4.69) is 24.7 Å². The van der Waals surface area contributed by atoms with E-state index in [-0.39, 0.29) is 5.82 Å². The van der Waals surface area contributed by atoms with E-state index in [0.29, 0.717) is 30.3 Å². The summed E-state index contributed by atoms with van der Waals surface area (Å²) in [4.78, 5) is 0. The predicted molar refractivity (Wildman–Crippen MR) is 88.3 cm³/mol. The smallest absolute Gasteiger partial charge is 0.139 e. The largest absolute Gasteiger partial charge is 0.496 e. The van der Waals surface area contributed by atoms with Gasteiger partial charge >= 0.3 is 0 Å². The monoisotopic (exact) mass is 322 g/mol. The van der Waals surface area contributed by atoms with Gasteiger partial charge in [-0.25, -0.2) is 9.07 Å². The highest BCUT2D eigenvalue weighted by atomic mass is 28.3. The highest BCUT2D eigenvalue weighted by Gasteiger charge is 2.16. The van der Waals surface area contributed by atoms with Crippen LogP contribution in [0.3, 0.4) is 0 Å². The van der Waals surface area contributed by atoms with Crippen LogP contribution in [0.25, 0.3) is 11.3 Å². The van der Waals surface area contributed by atoms with Crippen molar-refractivity contribution in [2.75, 3.05) is 13.7 Å². The zero-order chi connectivity index (χ0) is 16.2. The number of hydrogen-bond acceptors (Lipinski definition) is 3. The maximum absolute atomic E-state index is 14.2. The molecule has 4 nitrogen and oxygen atoms in total. The quantitative estimate of drug-likeness (QED) is 0.571. The van der Waals surface area contributed by atoms with Crippen LogP contribution in [0.2, 0.25) is 25.7 Å². The molecule has 0 aliphatic rings. The van der Waals surface area contributed by atoms with Gasteiger partial charge < -0.3 is 9.47 Å². The van der Waals surface area contributed by atoms with Gasteiger partial charge in [0.1, 0.15) is 18.3 Å². The molecule has 22 heavy (non-hydrogen) atoms. The standard InChI is InChI=1S/C16H23FN2O2Si/c1-20-15-7-5-6-13(17)16(15)14-8-9-18-19(14)12-21-10-11-22(2,3)4/h5-9H,10-12H2,1-4H3. The maximum atomic E-state index is 14.2. The number of aromatic nitrogens is 2. The first-order valence-electron chi connectivity index (χ1n) is 7.35. The molecular formula is C16H23FN2O2Si. The van der Waals surface area contributed by atoms with Crippen LogP contribution in [0, 0.1) is 5.82 Å². The van der Waals surface area contributed by atoms with E-state index in [1.54, 1.807) is 29.1 Å². The molecule has 0 radical (unpaired) electrons. The van der Waals surface area contributed by atoms with Crippen LogP contribution in [0.5, 0.6) is 5.75 Å². The average molecular weight is 322 g/mol. The number of benzene rings is 1. The summed E-state index contributed by atoms with van der Waals surface area (Å²) in [5, 5.41) is 4.22. The molecule has 0 bridgehead atoms. The van der Waals surface area contributed by atoms with Crippen LogP contribution in [0.1, 0.15) is 0 Å². The van der Waals surface area contributed by atoms with Gasteiger partial charge in [0.15, 0.2) is 0 Å². The van der Waals surface area contributed by atoms with Crippen LogP contribution < -0.4 is 4.74 Å². The van der Waals surface area contributed by atoms with Crippen LogP contribution in [-0.2, 0) is 11.5 Å². The number of methoxy groups -OCH3 is 1. The Kier molecular flexibility index (Phi) is 5.36. The first kappa shape index (κ1) is 16.7. The Balaban J connectivity index is 2.13. The van der Waals surface area contributed by atoms with E-state index < -0.39 is 8.07 Å². The lowest BCUT2D eigenvalue weighted by molar-refractivity contribution is 0.0797. The van der Waals surface area contributed by atoms with Crippen LogP contribution in [0.15, 0.2) is 30.5 Å². The van der Waals surface area contributed by atoms with Crippen LogP contribution in [0.4, 0.5) is 4.39 Å². The highest BCUT2D eigenvalue weighted by Crippen LogP contribution is 2.32. The minimum Gasteiger partial charge on any atom is -0.496 e. The van der Waals surface area contributed by atoms with Crippen molar-refractivity contribution in [2.45, 2.75) is 32.4 Å².